The van der Waals surface area contributed by atoms with Gasteiger partial charge in [0.25, 0.3) is 10.0 Å². The highest BCUT2D eigenvalue weighted by atomic mass is 32.2. The van der Waals surface area contributed by atoms with E-state index >= 15 is 0 Å². The minimum absolute atomic E-state index is 0.226. The van der Waals surface area contributed by atoms with E-state index in [9.17, 15) is 8.42 Å². The number of hydrogen-bond donors (Lipinski definition) is 1. The maximum absolute atomic E-state index is 12.7. The van der Waals surface area contributed by atoms with Crippen molar-refractivity contribution in [3.63, 3.8) is 0 Å². The number of benzene rings is 3. The van der Waals surface area contributed by atoms with Gasteiger partial charge in [-0.3, -0.25) is 9.71 Å². The van der Waals surface area contributed by atoms with Crippen LogP contribution in [0.4, 0.5) is 5.69 Å². The average Bonchev–Trinajstić information content (AvgIpc) is 2.75. The average molecular weight is 401 g/mol. The lowest BCUT2D eigenvalue weighted by molar-refractivity contribution is 0.601. The van der Waals surface area contributed by atoms with Crippen LogP contribution in [-0.4, -0.2) is 13.4 Å². The summed E-state index contributed by atoms with van der Waals surface area (Å²) in [5, 5.41) is 0. The van der Waals surface area contributed by atoms with Gasteiger partial charge in [-0.1, -0.05) is 54.6 Å². The molecule has 0 fully saturated rings. The van der Waals surface area contributed by atoms with Crippen molar-refractivity contribution < 1.29 is 8.42 Å². The molecule has 1 heterocycles. The Morgan fingerprint density at radius 2 is 1.34 bits per heavy atom. The molecule has 0 aliphatic rings. The van der Waals surface area contributed by atoms with Crippen LogP contribution in [-0.2, 0) is 10.0 Å². The fraction of sp³-hybridized carbons (Fsp3) is 0.0417. The van der Waals surface area contributed by atoms with Crippen molar-refractivity contribution in [3.8, 4) is 22.3 Å². The summed E-state index contributed by atoms with van der Waals surface area (Å²) in [4.78, 5) is 4.39. The van der Waals surface area contributed by atoms with E-state index in [4.69, 9.17) is 0 Å². The normalized spacial score (nSPS) is 11.2. The Morgan fingerprint density at radius 3 is 2.00 bits per heavy atom. The molecule has 0 unspecified atom stereocenters. The van der Waals surface area contributed by atoms with Crippen molar-refractivity contribution in [2.24, 2.45) is 0 Å². The van der Waals surface area contributed by atoms with Gasteiger partial charge in [-0.2, -0.15) is 0 Å². The second-order valence-corrected chi connectivity index (χ2v) is 8.45. The lowest BCUT2D eigenvalue weighted by Crippen LogP contribution is -2.12. The molecule has 0 amide bonds. The van der Waals surface area contributed by atoms with Crippen LogP contribution >= 0.6 is 0 Å². The molecule has 29 heavy (non-hydrogen) atoms. The third-order valence-electron chi connectivity index (χ3n) is 4.76. The number of aryl methyl sites for hydroxylation is 1. The van der Waals surface area contributed by atoms with Gasteiger partial charge in [0.05, 0.1) is 4.90 Å². The number of nitrogens with zero attached hydrogens (tertiary/aromatic N) is 1. The Morgan fingerprint density at radius 1 is 0.724 bits per heavy atom. The predicted molar refractivity (Wildman–Crippen MR) is 117 cm³/mol. The minimum Gasteiger partial charge on any atom is -0.280 e. The first kappa shape index (κ1) is 18.9. The van der Waals surface area contributed by atoms with Gasteiger partial charge in [-0.05, 0) is 59.5 Å². The van der Waals surface area contributed by atoms with Crippen LogP contribution in [0.1, 0.15) is 5.56 Å². The van der Waals surface area contributed by atoms with Crippen LogP contribution < -0.4 is 4.72 Å². The number of sulfonamides is 1. The molecule has 0 bridgehead atoms. The molecule has 4 rings (SSSR count). The molecule has 0 saturated heterocycles. The third-order valence-corrected chi connectivity index (χ3v) is 6.16. The Hall–Kier alpha value is -3.44. The quantitative estimate of drug-likeness (QED) is 0.479. The molecule has 0 aliphatic heterocycles. The van der Waals surface area contributed by atoms with Gasteiger partial charge >= 0.3 is 0 Å². The van der Waals surface area contributed by atoms with Crippen LogP contribution in [0.2, 0.25) is 0 Å². The van der Waals surface area contributed by atoms with E-state index in [2.05, 4.69) is 9.71 Å². The second kappa shape index (κ2) is 7.89. The Labute approximate surface area is 170 Å². The number of pyridine rings is 1. The maximum atomic E-state index is 12.7. The highest BCUT2D eigenvalue weighted by molar-refractivity contribution is 7.92. The Kier molecular flexibility index (Phi) is 5.14. The highest BCUT2D eigenvalue weighted by Gasteiger charge is 2.14. The van der Waals surface area contributed by atoms with Gasteiger partial charge in [0.15, 0.2) is 0 Å². The van der Waals surface area contributed by atoms with E-state index in [-0.39, 0.29) is 4.90 Å². The molecule has 4 nitrogen and oxygen atoms in total. The van der Waals surface area contributed by atoms with E-state index in [0.29, 0.717) is 5.69 Å². The molecule has 0 spiro atoms. The molecule has 1 N–H and O–H groups in total. The van der Waals surface area contributed by atoms with Crippen molar-refractivity contribution in [2.75, 3.05) is 4.72 Å². The van der Waals surface area contributed by atoms with E-state index in [1.165, 1.54) is 0 Å². The van der Waals surface area contributed by atoms with Gasteiger partial charge in [0, 0.05) is 23.6 Å². The molecule has 3 aromatic carbocycles. The lowest BCUT2D eigenvalue weighted by Gasteiger charge is -2.10. The van der Waals surface area contributed by atoms with Crippen LogP contribution in [0.5, 0.6) is 0 Å². The maximum Gasteiger partial charge on any atom is 0.261 e. The summed E-state index contributed by atoms with van der Waals surface area (Å²) in [5.41, 5.74) is 5.67. The van der Waals surface area contributed by atoms with Crippen molar-refractivity contribution in [3.05, 3.63) is 103 Å². The van der Waals surface area contributed by atoms with Gasteiger partial charge < -0.3 is 0 Å². The minimum atomic E-state index is -3.66. The zero-order chi connectivity index (χ0) is 20.3. The van der Waals surface area contributed by atoms with E-state index in [1.807, 2.05) is 73.8 Å². The fourth-order valence-electron chi connectivity index (χ4n) is 3.16. The summed E-state index contributed by atoms with van der Waals surface area (Å²) >= 11 is 0. The van der Waals surface area contributed by atoms with Crippen molar-refractivity contribution in [2.45, 2.75) is 11.8 Å². The molecule has 0 aliphatic carbocycles. The van der Waals surface area contributed by atoms with Crippen LogP contribution in [0.25, 0.3) is 22.3 Å². The number of nitrogens with one attached hydrogen (secondary N) is 1. The monoisotopic (exact) mass is 400 g/mol. The van der Waals surface area contributed by atoms with Gasteiger partial charge in [0.1, 0.15) is 0 Å². The first-order chi connectivity index (χ1) is 14.0. The van der Waals surface area contributed by atoms with Gasteiger partial charge in [-0.25, -0.2) is 8.42 Å². The first-order valence-corrected chi connectivity index (χ1v) is 10.7. The van der Waals surface area contributed by atoms with Crippen LogP contribution in [0.15, 0.2) is 102 Å². The van der Waals surface area contributed by atoms with Gasteiger partial charge in [-0.15, -0.1) is 0 Å². The Balaban J connectivity index is 1.53. The highest BCUT2D eigenvalue weighted by Crippen LogP contribution is 2.26. The second-order valence-electron chi connectivity index (χ2n) is 6.76. The Bertz CT molecular complexity index is 1220. The van der Waals surface area contributed by atoms with Crippen molar-refractivity contribution >= 4 is 15.7 Å². The SMILES string of the molecule is Cc1ccncc1-c1ccc(NS(=O)(=O)c2ccc(-c3ccccc3)cc2)cc1. The summed E-state index contributed by atoms with van der Waals surface area (Å²) in [7, 11) is -3.66. The summed E-state index contributed by atoms with van der Waals surface area (Å²) in [6.07, 6.45) is 3.56. The van der Waals surface area contributed by atoms with E-state index in [0.717, 1.165) is 27.8 Å². The molecule has 144 valence electrons. The number of hydrogen-bond acceptors (Lipinski definition) is 3. The molecule has 4 aromatic rings. The molecular weight excluding hydrogens is 380 g/mol. The van der Waals surface area contributed by atoms with E-state index in [1.54, 1.807) is 30.5 Å². The number of aromatic nitrogens is 1. The van der Waals surface area contributed by atoms with E-state index < -0.39 is 10.0 Å². The molecule has 0 radical (unpaired) electrons. The summed E-state index contributed by atoms with van der Waals surface area (Å²) in [5.74, 6) is 0. The molecule has 1 aromatic heterocycles. The number of rotatable bonds is 5. The standard InChI is InChI=1S/C24H20N2O2S/c1-18-15-16-25-17-24(18)21-7-11-22(12-8-21)26-29(27,28)23-13-9-20(10-14-23)19-5-3-2-4-6-19/h2-17,26H,1H3. The zero-order valence-electron chi connectivity index (χ0n) is 15.9. The number of anilines is 1. The van der Waals surface area contributed by atoms with Gasteiger partial charge in [0.2, 0.25) is 0 Å². The predicted octanol–water partition coefficient (Wildman–Crippen LogP) is 5.52. The molecule has 0 atom stereocenters. The fourth-order valence-corrected chi connectivity index (χ4v) is 4.21. The van der Waals surface area contributed by atoms with Crippen LogP contribution in [0, 0.1) is 6.92 Å². The summed E-state index contributed by atoms with van der Waals surface area (Å²) < 4.78 is 28.1. The third kappa shape index (κ3) is 4.20. The molecular formula is C24H20N2O2S. The molecule has 0 saturated carbocycles. The largest absolute Gasteiger partial charge is 0.280 e. The molecule has 5 heteroatoms. The van der Waals surface area contributed by atoms with Crippen LogP contribution in [0.3, 0.4) is 0 Å². The zero-order valence-corrected chi connectivity index (χ0v) is 16.7. The smallest absolute Gasteiger partial charge is 0.261 e. The lowest BCUT2D eigenvalue weighted by atomic mass is 10.0. The summed E-state index contributed by atoms with van der Waals surface area (Å²) in [6.45, 7) is 2.02. The van der Waals surface area contributed by atoms with Crippen molar-refractivity contribution in [1.82, 2.24) is 4.98 Å². The van der Waals surface area contributed by atoms with Crippen molar-refractivity contribution in [1.29, 1.82) is 0 Å². The topological polar surface area (TPSA) is 59.1 Å². The first-order valence-electron chi connectivity index (χ1n) is 9.22. The summed E-state index contributed by atoms with van der Waals surface area (Å²) in [6, 6.07) is 26.0.